The van der Waals surface area contributed by atoms with E-state index in [1.165, 1.54) is 17.3 Å². The third-order valence-electron chi connectivity index (χ3n) is 3.18. The van der Waals surface area contributed by atoms with Gasteiger partial charge in [-0.25, -0.2) is 4.39 Å². The molecule has 2 N–H and O–H groups in total. The van der Waals surface area contributed by atoms with Crippen molar-refractivity contribution in [3.63, 3.8) is 0 Å². The van der Waals surface area contributed by atoms with E-state index in [0.29, 0.717) is 6.54 Å². The first kappa shape index (κ1) is 11.1. The molecule has 0 spiro atoms. The van der Waals surface area contributed by atoms with Crippen LogP contribution in [0.15, 0.2) is 18.2 Å². The Hall–Kier alpha value is -1.35. The average Bonchev–Trinajstić information content (AvgIpc) is 2.50. The van der Waals surface area contributed by atoms with E-state index >= 15 is 0 Å². The summed E-state index contributed by atoms with van der Waals surface area (Å²) >= 11 is 0. The Morgan fingerprint density at radius 2 is 2.12 bits per heavy atom. The van der Waals surface area contributed by atoms with E-state index in [1.807, 2.05) is 13.1 Å². The summed E-state index contributed by atoms with van der Waals surface area (Å²) in [6.07, 6.45) is 1.92. The highest BCUT2D eigenvalue weighted by molar-refractivity contribution is 5.85. The average molecular weight is 220 g/mol. The molecule has 0 aliphatic carbocycles. The van der Waals surface area contributed by atoms with Crippen LogP contribution in [0, 0.1) is 12.7 Å². The molecule has 2 nitrogen and oxygen atoms in total. The van der Waals surface area contributed by atoms with E-state index in [0.717, 1.165) is 23.7 Å². The highest BCUT2D eigenvalue weighted by Gasteiger charge is 2.11. The lowest BCUT2D eigenvalue weighted by Gasteiger charge is -2.04. The Morgan fingerprint density at radius 3 is 2.81 bits per heavy atom. The van der Waals surface area contributed by atoms with Crippen LogP contribution in [0.25, 0.3) is 10.9 Å². The van der Waals surface area contributed by atoms with Crippen LogP contribution in [-0.4, -0.2) is 11.1 Å². The summed E-state index contributed by atoms with van der Waals surface area (Å²) in [6.45, 7) is 2.78. The maximum Gasteiger partial charge on any atom is 0.125 e. The van der Waals surface area contributed by atoms with Gasteiger partial charge in [0.2, 0.25) is 0 Å². The number of rotatable bonds is 3. The number of benzene rings is 1. The second-order valence-corrected chi connectivity index (χ2v) is 4.18. The molecule has 0 bridgehead atoms. The molecular weight excluding hydrogens is 203 g/mol. The predicted octanol–water partition coefficient (Wildman–Crippen LogP) is 2.52. The zero-order valence-electron chi connectivity index (χ0n) is 9.76. The molecule has 1 aromatic heterocycles. The topological polar surface area (TPSA) is 30.9 Å². The van der Waals surface area contributed by atoms with Crippen molar-refractivity contribution in [3.8, 4) is 0 Å². The maximum atomic E-state index is 13.2. The van der Waals surface area contributed by atoms with Crippen LogP contribution in [0.5, 0.6) is 0 Å². The summed E-state index contributed by atoms with van der Waals surface area (Å²) in [7, 11) is 1.99. The van der Waals surface area contributed by atoms with Crippen molar-refractivity contribution in [2.45, 2.75) is 19.8 Å². The van der Waals surface area contributed by atoms with Crippen LogP contribution < -0.4 is 5.73 Å². The van der Waals surface area contributed by atoms with Crippen LogP contribution in [0.4, 0.5) is 4.39 Å². The molecule has 0 saturated heterocycles. The van der Waals surface area contributed by atoms with E-state index < -0.39 is 0 Å². The van der Waals surface area contributed by atoms with Gasteiger partial charge in [-0.15, -0.1) is 0 Å². The molecule has 16 heavy (non-hydrogen) atoms. The highest BCUT2D eigenvalue weighted by atomic mass is 19.1. The van der Waals surface area contributed by atoms with Gasteiger partial charge in [0.25, 0.3) is 0 Å². The monoisotopic (exact) mass is 220 g/mol. The van der Waals surface area contributed by atoms with E-state index in [9.17, 15) is 4.39 Å². The van der Waals surface area contributed by atoms with Crippen molar-refractivity contribution in [2.75, 3.05) is 6.54 Å². The first-order valence-corrected chi connectivity index (χ1v) is 5.58. The molecule has 86 valence electrons. The molecule has 2 aromatic rings. The summed E-state index contributed by atoms with van der Waals surface area (Å²) in [5.41, 5.74) is 8.99. The first-order valence-electron chi connectivity index (χ1n) is 5.58. The minimum absolute atomic E-state index is 0.182. The van der Waals surface area contributed by atoms with E-state index in [2.05, 4.69) is 11.5 Å². The SMILES string of the molecule is Cc1c(CCCN)n(C)c2cc(F)ccc12. The lowest BCUT2D eigenvalue weighted by atomic mass is 10.1. The van der Waals surface area contributed by atoms with Crippen molar-refractivity contribution in [3.05, 3.63) is 35.3 Å². The summed E-state index contributed by atoms with van der Waals surface area (Å²) < 4.78 is 15.2. The van der Waals surface area contributed by atoms with Crippen LogP contribution in [-0.2, 0) is 13.5 Å². The molecule has 0 atom stereocenters. The van der Waals surface area contributed by atoms with Gasteiger partial charge in [0, 0.05) is 18.1 Å². The smallest absolute Gasteiger partial charge is 0.125 e. The molecule has 0 saturated carbocycles. The molecule has 0 aliphatic rings. The lowest BCUT2D eigenvalue weighted by Crippen LogP contribution is -2.04. The number of nitrogens with two attached hydrogens (primary N) is 1. The molecule has 1 aromatic carbocycles. The second kappa shape index (κ2) is 4.26. The van der Waals surface area contributed by atoms with E-state index in [4.69, 9.17) is 5.73 Å². The zero-order chi connectivity index (χ0) is 11.7. The van der Waals surface area contributed by atoms with Gasteiger partial charge in [0.05, 0.1) is 5.52 Å². The number of fused-ring (bicyclic) bond motifs is 1. The molecule has 0 unspecified atom stereocenters. The summed E-state index contributed by atoms with van der Waals surface area (Å²) in [5.74, 6) is -0.182. The van der Waals surface area contributed by atoms with Gasteiger partial charge in [-0.2, -0.15) is 0 Å². The predicted molar refractivity (Wildman–Crippen MR) is 65.0 cm³/mol. The number of nitrogens with zero attached hydrogens (tertiary/aromatic N) is 1. The van der Waals surface area contributed by atoms with Crippen LogP contribution in [0.3, 0.4) is 0 Å². The summed E-state index contributed by atoms with van der Waals surface area (Å²) in [4.78, 5) is 0. The summed E-state index contributed by atoms with van der Waals surface area (Å²) in [6, 6.07) is 4.96. The van der Waals surface area contributed by atoms with Gasteiger partial charge in [-0.3, -0.25) is 0 Å². The first-order chi connectivity index (χ1) is 7.65. The van der Waals surface area contributed by atoms with Crippen molar-refractivity contribution < 1.29 is 4.39 Å². The van der Waals surface area contributed by atoms with Gasteiger partial charge >= 0.3 is 0 Å². The Morgan fingerprint density at radius 1 is 1.38 bits per heavy atom. The lowest BCUT2D eigenvalue weighted by molar-refractivity contribution is 0.628. The molecule has 2 rings (SSSR count). The standard InChI is InChI=1S/C13H17FN2/c1-9-11-6-5-10(14)8-13(11)16(2)12(9)4-3-7-15/h5-6,8H,3-4,7,15H2,1-2H3. The fourth-order valence-corrected chi connectivity index (χ4v) is 2.28. The number of halogens is 1. The van der Waals surface area contributed by atoms with Gasteiger partial charge < -0.3 is 10.3 Å². The molecule has 1 heterocycles. The minimum atomic E-state index is -0.182. The fraction of sp³-hybridized carbons (Fsp3) is 0.385. The Bertz CT molecular complexity index is 514. The second-order valence-electron chi connectivity index (χ2n) is 4.18. The van der Waals surface area contributed by atoms with E-state index in [1.54, 1.807) is 6.07 Å². The van der Waals surface area contributed by atoms with Crippen LogP contribution in [0.1, 0.15) is 17.7 Å². The molecular formula is C13H17FN2. The molecule has 0 amide bonds. The number of aromatic nitrogens is 1. The zero-order valence-corrected chi connectivity index (χ0v) is 9.76. The molecule has 3 heteroatoms. The van der Waals surface area contributed by atoms with E-state index in [-0.39, 0.29) is 5.82 Å². The summed E-state index contributed by atoms with van der Waals surface area (Å²) in [5, 5.41) is 1.14. The van der Waals surface area contributed by atoms with Crippen molar-refractivity contribution in [2.24, 2.45) is 12.8 Å². The quantitative estimate of drug-likeness (QED) is 0.846. The Labute approximate surface area is 94.9 Å². The van der Waals surface area contributed by atoms with Gasteiger partial charge in [0.1, 0.15) is 5.82 Å². The minimum Gasteiger partial charge on any atom is -0.347 e. The normalized spacial score (nSPS) is 11.2. The van der Waals surface area contributed by atoms with Crippen LogP contribution in [0.2, 0.25) is 0 Å². The largest absolute Gasteiger partial charge is 0.347 e. The molecule has 0 radical (unpaired) electrons. The van der Waals surface area contributed by atoms with Gasteiger partial charge in [0.15, 0.2) is 0 Å². The van der Waals surface area contributed by atoms with Crippen LogP contribution >= 0.6 is 0 Å². The van der Waals surface area contributed by atoms with Gasteiger partial charge in [-0.1, -0.05) is 0 Å². The van der Waals surface area contributed by atoms with Crippen molar-refractivity contribution >= 4 is 10.9 Å². The van der Waals surface area contributed by atoms with Crippen molar-refractivity contribution in [1.82, 2.24) is 4.57 Å². The molecule has 0 fully saturated rings. The Kier molecular flexibility index (Phi) is 2.97. The highest BCUT2D eigenvalue weighted by Crippen LogP contribution is 2.26. The number of aryl methyl sites for hydroxylation is 2. The Balaban J connectivity index is 2.57. The fourth-order valence-electron chi connectivity index (χ4n) is 2.28. The van der Waals surface area contributed by atoms with Crippen molar-refractivity contribution in [1.29, 1.82) is 0 Å². The number of hydrogen-bond donors (Lipinski definition) is 1. The van der Waals surface area contributed by atoms with Gasteiger partial charge in [-0.05, 0) is 50.1 Å². The third-order valence-corrected chi connectivity index (χ3v) is 3.18. The molecule has 0 aliphatic heterocycles. The maximum absolute atomic E-state index is 13.2. The number of hydrogen-bond acceptors (Lipinski definition) is 1. The third kappa shape index (κ3) is 1.71.